The molecule has 0 aromatic rings. The van der Waals surface area contributed by atoms with Crippen molar-refractivity contribution in [3.05, 3.63) is 35.5 Å². The third-order valence-corrected chi connectivity index (χ3v) is 5.42. The zero-order valence-corrected chi connectivity index (χ0v) is 16.9. The molecule has 0 bridgehead atoms. The predicted molar refractivity (Wildman–Crippen MR) is 103 cm³/mol. The minimum Gasteiger partial charge on any atom is -0.394 e. The minimum absolute atomic E-state index is 0.125. The van der Waals surface area contributed by atoms with Crippen LogP contribution in [-0.4, -0.2) is 70.1 Å². The smallest absolute Gasteiger partial charge is 0.187 e. The van der Waals surface area contributed by atoms with Crippen LogP contribution < -0.4 is 0 Å². The van der Waals surface area contributed by atoms with Crippen LogP contribution >= 0.6 is 0 Å². The van der Waals surface area contributed by atoms with Gasteiger partial charge in [-0.3, -0.25) is 4.79 Å². The number of allylic oxidation sites excluding steroid dienone is 5. The van der Waals surface area contributed by atoms with Gasteiger partial charge in [0.2, 0.25) is 0 Å². The fourth-order valence-corrected chi connectivity index (χ4v) is 3.78. The van der Waals surface area contributed by atoms with Crippen LogP contribution in [-0.2, 0) is 14.3 Å². The number of ether oxygens (including phenoxy) is 2. The number of hydrogen-bond donors (Lipinski definition) is 4. The van der Waals surface area contributed by atoms with Gasteiger partial charge >= 0.3 is 0 Å². The van der Waals surface area contributed by atoms with Gasteiger partial charge in [-0.15, -0.1) is 0 Å². The van der Waals surface area contributed by atoms with Gasteiger partial charge in [0.05, 0.1) is 13.2 Å². The van der Waals surface area contributed by atoms with Crippen LogP contribution in [0.2, 0.25) is 0 Å². The molecule has 7 nitrogen and oxygen atoms in total. The third kappa shape index (κ3) is 5.37. The largest absolute Gasteiger partial charge is 0.394 e. The summed E-state index contributed by atoms with van der Waals surface area (Å²) < 4.78 is 10.8. The van der Waals surface area contributed by atoms with Crippen molar-refractivity contribution >= 4 is 5.78 Å². The molecular formula is C21H32O7. The van der Waals surface area contributed by atoms with Crippen LogP contribution in [0, 0.1) is 11.3 Å². The Kier molecular flexibility index (Phi) is 7.73. The molecule has 0 aromatic heterocycles. The lowest BCUT2D eigenvalue weighted by Gasteiger charge is -2.39. The van der Waals surface area contributed by atoms with Crippen molar-refractivity contribution in [2.24, 2.45) is 11.3 Å². The number of carbonyl (C=O) groups is 1. The van der Waals surface area contributed by atoms with E-state index in [0.717, 1.165) is 11.1 Å². The fourth-order valence-electron chi connectivity index (χ4n) is 3.78. The molecule has 4 N–H and O–H groups in total. The lowest BCUT2D eigenvalue weighted by atomic mass is 9.68. The number of aliphatic hydroxyl groups excluding tert-OH is 4. The Balaban J connectivity index is 1.95. The monoisotopic (exact) mass is 396 g/mol. The van der Waals surface area contributed by atoms with Gasteiger partial charge < -0.3 is 29.9 Å². The van der Waals surface area contributed by atoms with Gasteiger partial charge in [-0.1, -0.05) is 43.2 Å². The van der Waals surface area contributed by atoms with Gasteiger partial charge in [0.25, 0.3) is 0 Å². The van der Waals surface area contributed by atoms with Gasteiger partial charge in [-0.2, -0.15) is 0 Å². The van der Waals surface area contributed by atoms with Crippen molar-refractivity contribution in [2.45, 2.75) is 64.8 Å². The molecular weight excluding hydrogens is 364 g/mol. The highest BCUT2D eigenvalue weighted by Gasteiger charge is 2.43. The van der Waals surface area contributed by atoms with E-state index >= 15 is 0 Å². The second kappa shape index (κ2) is 9.43. The van der Waals surface area contributed by atoms with Crippen molar-refractivity contribution in [2.75, 3.05) is 13.2 Å². The normalized spacial score (nSPS) is 36.6. The summed E-state index contributed by atoms with van der Waals surface area (Å²) in [6, 6.07) is 0. The molecule has 28 heavy (non-hydrogen) atoms. The van der Waals surface area contributed by atoms with E-state index in [4.69, 9.17) is 9.47 Å². The maximum Gasteiger partial charge on any atom is 0.187 e. The van der Waals surface area contributed by atoms with Crippen LogP contribution in [0.15, 0.2) is 35.5 Å². The molecule has 1 fully saturated rings. The van der Waals surface area contributed by atoms with Crippen LogP contribution in [0.5, 0.6) is 0 Å². The number of ketones is 1. The highest BCUT2D eigenvalue weighted by atomic mass is 16.7. The van der Waals surface area contributed by atoms with Crippen LogP contribution in [0.4, 0.5) is 0 Å². The third-order valence-electron chi connectivity index (χ3n) is 5.42. The Hall–Kier alpha value is -1.35. The molecule has 2 aliphatic rings. The van der Waals surface area contributed by atoms with E-state index in [-0.39, 0.29) is 23.7 Å². The number of carbonyl (C=O) groups excluding carboxylic acids is 1. The van der Waals surface area contributed by atoms with Crippen LogP contribution in [0.25, 0.3) is 0 Å². The molecule has 0 radical (unpaired) electrons. The summed E-state index contributed by atoms with van der Waals surface area (Å²) in [6.07, 6.45) is 1.69. The molecule has 158 valence electrons. The maximum absolute atomic E-state index is 11.8. The first kappa shape index (κ1) is 22.9. The quantitative estimate of drug-likeness (QED) is 0.492. The van der Waals surface area contributed by atoms with Crippen molar-refractivity contribution in [3.63, 3.8) is 0 Å². The first-order valence-electron chi connectivity index (χ1n) is 9.55. The summed E-state index contributed by atoms with van der Waals surface area (Å²) in [6.45, 7) is 7.67. The maximum atomic E-state index is 11.8. The Morgan fingerprint density at radius 1 is 1.29 bits per heavy atom. The van der Waals surface area contributed by atoms with E-state index in [1.165, 1.54) is 0 Å². The molecule has 1 aliphatic heterocycles. The first-order valence-corrected chi connectivity index (χ1v) is 9.55. The SMILES string of the molecule is CC(C=C[C@H]1C(C)=CC(=O)CC1(C)C)=CCO[C@@H]1O[C@H](CO)[C@@H](O)[C@H](O)[C@H]1O. The molecule has 0 saturated carbocycles. The highest BCUT2D eigenvalue weighted by Crippen LogP contribution is 2.40. The van der Waals surface area contributed by atoms with Gasteiger partial charge in [-0.25, -0.2) is 0 Å². The van der Waals surface area contributed by atoms with Gasteiger partial charge in [0.1, 0.15) is 24.4 Å². The minimum atomic E-state index is -1.45. The topological polar surface area (TPSA) is 116 Å². The number of rotatable bonds is 6. The van der Waals surface area contributed by atoms with E-state index < -0.39 is 37.3 Å². The second-order valence-corrected chi connectivity index (χ2v) is 8.34. The highest BCUT2D eigenvalue weighted by molar-refractivity contribution is 5.92. The summed E-state index contributed by atoms with van der Waals surface area (Å²) in [5, 5.41) is 38.7. The average molecular weight is 396 g/mol. The summed E-state index contributed by atoms with van der Waals surface area (Å²) in [5.41, 5.74) is 1.84. The van der Waals surface area contributed by atoms with E-state index in [9.17, 15) is 25.2 Å². The number of aliphatic hydroxyl groups is 4. The summed E-state index contributed by atoms with van der Waals surface area (Å²) in [7, 11) is 0. The Labute approximate surface area is 166 Å². The number of hydrogen-bond acceptors (Lipinski definition) is 7. The lowest BCUT2D eigenvalue weighted by molar-refractivity contribution is -0.298. The lowest BCUT2D eigenvalue weighted by Crippen LogP contribution is -2.59. The van der Waals surface area contributed by atoms with E-state index in [2.05, 4.69) is 19.9 Å². The fraction of sp³-hybridized carbons (Fsp3) is 0.667. The van der Waals surface area contributed by atoms with Crippen molar-refractivity contribution in [3.8, 4) is 0 Å². The van der Waals surface area contributed by atoms with Crippen molar-refractivity contribution in [1.82, 2.24) is 0 Å². The summed E-state index contributed by atoms with van der Waals surface area (Å²) in [5.74, 6) is 0.326. The van der Waals surface area contributed by atoms with E-state index in [0.29, 0.717) is 6.42 Å². The Morgan fingerprint density at radius 3 is 2.57 bits per heavy atom. The molecule has 7 heteroatoms. The van der Waals surface area contributed by atoms with Crippen LogP contribution in [0.3, 0.4) is 0 Å². The van der Waals surface area contributed by atoms with Gasteiger partial charge in [-0.05, 0) is 25.3 Å². The van der Waals surface area contributed by atoms with Crippen molar-refractivity contribution < 1.29 is 34.7 Å². The molecule has 6 atom stereocenters. The second-order valence-electron chi connectivity index (χ2n) is 8.34. The molecule has 1 saturated heterocycles. The molecule has 1 aliphatic carbocycles. The molecule has 2 rings (SSSR count). The Bertz CT molecular complexity index is 647. The summed E-state index contributed by atoms with van der Waals surface area (Å²) >= 11 is 0. The Morgan fingerprint density at radius 2 is 1.96 bits per heavy atom. The zero-order chi connectivity index (χ0) is 21.1. The van der Waals surface area contributed by atoms with Gasteiger partial charge in [0.15, 0.2) is 12.1 Å². The molecule has 0 aromatic carbocycles. The standard InChI is InChI=1S/C21H32O7/c1-12(5-6-15-13(2)9-14(23)10-21(15,3)4)7-8-27-20-19(26)18(25)17(24)16(11-22)28-20/h5-7,9,15-20,22,24-26H,8,10-11H2,1-4H3/t15-,16+,17+,18-,19+,20+/m0/s1. The molecule has 0 unspecified atom stereocenters. The molecule has 0 spiro atoms. The zero-order valence-electron chi connectivity index (χ0n) is 16.9. The van der Waals surface area contributed by atoms with E-state index in [1.54, 1.807) is 12.2 Å². The van der Waals surface area contributed by atoms with E-state index in [1.807, 2.05) is 19.9 Å². The summed E-state index contributed by atoms with van der Waals surface area (Å²) in [4.78, 5) is 11.8. The van der Waals surface area contributed by atoms with Gasteiger partial charge in [0, 0.05) is 12.3 Å². The molecule has 0 amide bonds. The van der Waals surface area contributed by atoms with Crippen LogP contribution in [0.1, 0.15) is 34.1 Å². The molecule has 1 heterocycles. The van der Waals surface area contributed by atoms with Crippen molar-refractivity contribution in [1.29, 1.82) is 0 Å². The average Bonchev–Trinajstić information content (AvgIpc) is 2.60. The first-order chi connectivity index (χ1) is 13.1. The predicted octanol–water partition coefficient (Wildman–Crippen LogP) is 0.867.